The summed E-state index contributed by atoms with van der Waals surface area (Å²) in [4.78, 5) is 0. The fourth-order valence-electron chi connectivity index (χ4n) is 1.83. The zero-order valence-electron chi connectivity index (χ0n) is 11.4. The third kappa shape index (κ3) is 4.34. The van der Waals surface area contributed by atoms with Gasteiger partial charge >= 0.3 is 0 Å². The van der Waals surface area contributed by atoms with Crippen molar-refractivity contribution in [3.8, 4) is 0 Å². The van der Waals surface area contributed by atoms with Crippen LogP contribution in [0, 0.1) is 5.82 Å². The van der Waals surface area contributed by atoms with Crippen LogP contribution in [0.4, 0.5) is 4.39 Å². The van der Waals surface area contributed by atoms with Gasteiger partial charge in [0.25, 0.3) is 0 Å². The van der Waals surface area contributed by atoms with E-state index in [2.05, 4.69) is 21.2 Å². The van der Waals surface area contributed by atoms with Gasteiger partial charge in [-0.1, -0.05) is 22.0 Å². The molecule has 18 heavy (non-hydrogen) atoms. The Hall–Kier alpha value is -0.450. The highest BCUT2D eigenvalue weighted by atomic mass is 79.9. The van der Waals surface area contributed by atoms with E-state index in [1.165, 1.54) is 6.07 Å². The van der Waals surface area contributed by atoms with Crippen LogP contribution in [0.25, 0.3) is 0 Å². The summed E-state index contributed by atoms with van der Waals surface area (Å²) < 4.78 is 20.0. The normalized spacial score (nSPS) is 13.7. The molecule has 1 N–H and O–H groups in total. The van der Waals surface area contributed by atoms with Crippen LogP contribution < -0.4 is 5.32 Å². The highest BCUT2D eigenvalue weighted by molar-refractivity contribution is 9.10. The molecule has 1 rings (SSSR count). The first-order valence-corrected chi connectivity index (χ1v) is 6.86. The Labute approximate surface area is 117 Å². The van der Waals surface area contributed by atoms with Crippen molar-refractivity contribution in [3.05, 3.63) is 34.1 Å². The molecule has 0 saturated heterocycles. The largest absolute Gasteiger partial charge is 0.379 e. The molecule has 0 aliphatic heterocycles. The molecule has 0 spiro atoms. The maximum atomic E-state index is 13.9. The lowest BCUT2D eigenvalue weighted by molar-refractivity contribution is 0.0117. The van der Waals surface area contributed by atoms with Crippen molar-refractivity contribution >= 4 is 15.9 Å². The minimum atomic E-state index is -0.182. The quantitative estimate of drug-likeness (QED) is 0.854. The van der Waals surface area contributed by atoms with Crippen molar-refractivity contribution in [3.63, 3.8) is 0 Å². The summed E-state index contributed by atoms with van der Waals surface area (Å²) in [6.07, 6.45) is 1.69. The van der Waals surface area contributed by atoms with E-state index in [1.807, 2.05) is 33.0 Å². The van der Waals surface area contributed by atoms with Crippen LogP contribution in [-0.2, 0) is 4.74 Å². The Bertz CT molecular complexity index is 395. The molecule has 0 aliphatic carbocycles. The fraction of sp³-hybridized carbons (Fsp3) is 0.571. The van der Waals surface area contributed by atoms with Crippen molar-refractivity contribution in [2.45, 2.75) is 38.3 Å². The maximum Gasteiger partial charge on any atom is 0.129 e. The molecule has 0 fully saturated rings. The molecule has 0 aromatic heterocycles. The van der Waals surface area contributed by atoms with Gasteiger partial charge in [0.2, 0.25) is 0 Å². The molecule has 4 heteroatoms. The maximum absolute atomic E-state index is 13.9. The predicted octanol–water partition coefficient (Wildman–Crippen LogP) is 4.05. The first-order chi connectivity index (χ1) is 8.39. The Morgan fingerprint density at radius 2 is 2.11 bits per heavy atom. The van der Waals surface area contributed by atoms with Crippen LogP contribution in [0.2, 0.25) is 0 Å². The second kappa shape index (κ2) is 6.64. The molecule has 0 aliphatic rings. The average Bonchev–Trinajstić information content (AvgIpc) is 2.32. The standard InChI is InChI=1S/C14H21BrFNO/c1-14(2,18-4)8-7-13(17-3)11-6-5-10(15)9-12(11)16/h5-6,9,13,17H,7-8H2,1-4H3. The van der Waals surface area contributed by atoms with E-state index in [9.17, 15) is 4.39 Å². The minimum absolute atomic E-state index is 0.00697. The summed E-state index contributed by atoms with van der Waals surface area (Å²) in [5.74, 6) is -0.182. The molecule has 1 unspecified atom stereocenters. The molecule has 0 heterocycles. The van der Waals surface area contributed by atoms with Crippen LogP contribution >= 0.6 is 15.9 Å². The van der Waals surface area contributed by atoms with Gasteiger partial charge in [-0.2, -0.15) is 0 Å². The molecule has 1 aromatic rings. The van der Waals surface area contributed by atoms with Gasteiger partial charge in [-0.3, -0.25) is 0 Å². The Morgan fingerprint density at radius 1 is 1.44 bits per heavy atom. The van der Waals surface area contributed by atoms with E-state index >= 15 is 0 Å². The highest BCUT2D eigenvalue weighted by Crippen LogP contribution is 2.27. The molecule has 0 radical (unpaired) electrons. The van der Waals surface area contributed by atoms with Gasteiger partial charge in [-0.05, 0) is 45.9 Å². The number of benzene rings is 1. The van der Waals surface area contributed by atoms with E-state index in [0.29, 0.717) is 5.56 Å². The number of ether oxygens (including phenoxy) is 1. The monoisotopic (exact) mass is 317 g/mol. The van der Waals surface area contributed by atoms with E-state index in [-0.39, 0.29) is 17.5 Å². The first-order valence-electron chi connectivity index (χ1n) is 6.07. The van der Waals surface area contributed by atoms with E-state index in [1.54, 1.807) is 7.11 Å². The lowest BCUT2D eigenvalue weighted by atomic mass is 9.95. The van der Waals surface area contributed by atoms with Crippen LogP contribution in [0.1, 0.15) is 38.3 Å². The van der Waals surface area contributed by atoms with Gasteiger partial charge in [-0.25, -0.2) is 4.39 Å². The minimum Gasteiger partial charge on any atom is -0.379 e. The summed E-state index contributed by atoms with van der Waals surface area (Å²) in [5, 5.41) is 3.16. The molecular weight excluding hydrogens is 297 g/mol. The predicted molar refractivity (Wildman–Crippen MR) is 76.2 cm³/mol. The van der Waals surface area contributed by atoms with Crippen molar-refractivity contribution in [2.24, 2.45) is 0 Å². The summed E-state index contributed by atoms with van der Waals surface area (Å²) in [6.45, 7) is 4.08. The fourth-order valence-corrected chi connectivity index (χ4v) is 2.17. The molecule has 102 valence electrons. The highest BCUT2D eigenvalue weighted by Gasteiger charge is 2.21. The number of hydrogen-bond acceptors (Lipinski definition) is 2. The van der Waals surface area contributed by atoms with Crippen molar-refractivity contribution in [1.29, 1.82) is 0 Å². The number of halogens is 2. The zero-order chi connectivity index (χ0) is 13.8. The lowest BCUT2D eigenvalue weighted by Crippen LogP contribution is -2.26. The molecule has 0 saturated carbocycles. The van der Waals surface area contributed by atoms with Gasteiger partial charge in [0.1, 0.15) is 5.82 Å². The average molecular weight is 318 g/mol. The Balaban J connectivity index is 2.77. The van der Waals surface area contributed by atoms with Crippen molar-refractivity contribution in [2.75, 3.05) is 14.2 Å². The SMILES string of the molecule is CNC(CCC(C)(C)OC)c1ccc(Br)cc1F. The Kier molecular flexibility index (Phi) is 5.76. The first kappa shape index (κ1) is 15.6. The molecular formula is C14H21BrFNO. The lowest BCUT2D eigenvalue weighted by Gasteiger charge is -2.26. The summed E-state index contributed by atoms with van der Waals surface area (Å²) in [7, 11) is 3.56. The third-order valence-corrected chi connectivity index (χ3v) is 3.77. The van der Waals surface area contributed by atoms with Crippen LogP contribution in [-0.4, -0.2) is 19.8 Å². The van der Waals surface area contributed by atoms with Gasteiger partial charge in [0.15, 0.2) is 0 Å². The van der Waals surface area contributed by atoms with Gasteiger partial charge in [0, 0.05) is 23.2 Å². The molecule has 1 aromatic carbocycles. The van der Waals surface area contributed by atoms with Crippen LogP contribution in [0.5, 0.6) is 0 Å². The number of hydrogen-bond donors (Lipinski definition) is 1. The zero-order valence-corrected chi connectivity index (χ0v) is 13.0. The summed E-state index contributed by atoms with van der Waals surface area (Å²) in [6, 6.07) is 5.19. The second-order valence-corrected chi connectivity index (χ2v) is 5.93. The van der Waals surface area contributed by atoms with E-state index in [0.717, 1.165) is 17.3 Å². The molecule has 2 nitrogen and oxygen atoms in total. The smallest absolute Gasteiger partial charge is 0.129 e. The molecule has 0 bridgehead atoms. The topological polar surface area (TPSA) is 21.3 Å². The number of nitrogens with one attached hydrogen (secondary N) is 1. The van der Waals surface area contributed by atoms with Crippen molar-refractivity contribution in [1.82, 2.24) is 5.32 Å². The van der Waals surface area contributed by atoms with Crippen LogP contribution in [0.3, 0.4) is 0 Å². The van der Waals surface area contributed by atoms with Gasteiger partial charge < -0.3 is 10.1 Å². The summed E-state index contributed by atoms with van der Waals surface area (Å²) >= 11 is 3.27. The van der Waals surface area contributed by atoms with Crippen LogP contribution in [0.15, 0.2) is 22.7 Å². The molecule has 0 amide bonds. The van der Waals surface area contributed by atoms with E-state index in [4.69, 9.17) is 4.74 Å². The Morgan fingerprint density at radius 3 is 2.61 bits per heavy atom. The number of methoxy groups -OCH3 is 1. The molecule has 1 atom stereocenters. The van der Waals surface area contributed by atoms with Gasteiger partial charge in [0.05, 0.1) is 5.60 Å². The number of rotatable bonds is 6. The second-order valence-electron chi connectivity index (χ2n) is 5.01. The summed E-state index contributed by atoms with van der Waals surface area (Å²) in [5.41, 5.74) is 0.522. The third-order valence-electron chi connectivity index (χ3n) is 3.27. The van der Waals surface area contributed by atoms with Gasteiger partial charge in [-0.15, -0.1) is 0 Å². The van der Waals surface area contributed by atoms with Crippen molar-refractivity contribution < 1.29 is 9.13 Å². The van der Waals surface area contributed by atoms with E-state index < -0.39 is 0 Å².